The molecule has 0 spiro atoms. The number of nitrogens with zero attached hydrogens (tertiary/aromatic N) is 5. The number of carbonyl (C=O) groups excluding carboxylic acids is 1. The molecule has 2 N–H and O–H groups in total. The minimum Gasteiger partial charge on any atom is -0.381 e. The maximum absolute atomic E-state index is 14.4. The topological polar surface area (TPSA) is 95.0 Å². The van der Waals surface area contributed by atoms with Crippen LogP contribution < -0.4 is 10.6 Å². The van der Waals surface area contributed by atoms with Crippen LogP contribution in [0.15, 0.2) is 29.5 Å². The zero-order chi connectivity index (χ0) is 25.2. The van der Waals surface area contributed by atoms with Gasteiger partial charge in [0, 0.05) is 51.2 Å². The van der Waals surface area contributed by atoms with E-state index in [0.29, 0.717) is 31.0 Å². The average molecular weight is 516 g/mol. The SMILES string of the molecule is CC1C=NN(C)C1[C@H](NC(=O)N1CCc2cnc(NC3CCOCC3)nc2C1)c1ccc(Cl)c(F)c1. The Morgan fingerprint density at radius 3 is 2.83 bits per heavy atom. The molecule has 11 heteroatoms. The molecule has 5 rings (SSSR count). The van der Waals surface area contributed by atoms with Gasteiger partial charge < -0.3 is 20.3 Å². The molecular formula is C25H31ClFN7O2. The number of rotatable bonds is 5. The zero-order valence-electron chi connectivity index (χ0n) is 20.5. The summed E-state index contributed by atoms with van der Waals surface area (Å²) in [5.74, 6) is 0.124. The minimum atomic E-state index is -0.518. The van der Waals surface area contributed by atoms with Gasteiger partial charge in [0.2, 0.25) is 5.95 Å². The Kier molecular flexibility index (Phi) is 7.25. The summed E-state index contributed by atoms with van der Waals surface area (Å²) in [7, 11) is 1.86. The van der Waals surface area contributed by atoms with Crippen LogP contribution in [0.25, 0.3) is 0 Å². The van der Waals surface area contributed by atoms with Gasteiger partial charge in [-0.05, 0) is 42.5 Å². The molecule has 1 aromatic heterocycles. The monoisotopic (exact) mass is 515 g/mol. The molecule has 1 saturated heterocycles. The van der Waals surface area contributed by atoms with E-state index < -0.39 is 11.9 Å². The molecule has 0 saturated carbocycles. The van der Waals surface area contributed by atoms with Crippen molar-refractivity contribution in [1.29, 1.82) is 0 Å². The lowest BCUT2D eigenvalue weighted by molar-refractivity contribution is 0.0903. The van der Waals surface area contributed by atoms with Crippen LogP contribution in [-0.4, -0.2) is 71.0 Å². The van der Waals surface area contributed by atoms with Crippen molar-refractivity contribution in [2.45, 2.75) is 50.9 Å². The average Bonchev–Trinajstić information content (AvgIpc) is 3.22. The van der Waals surface area contributed by atoms with Crippen molar-refractivity contribution in [3.8, 4) is 0 Å². The highest BCUT2D eigenvalue weighted by molar-refractivity contribution is 6.30. The molecule has 3 aliphatic heterocycles. The van der Waals surface area contributed by atoms with Crippen LogP contribution in [0, 0.1) is 11.7 Å². The second-order valence-electron chi connectivity index (χ2n) is 9.66. The number of benzene rings is 1. The Bertz CT molecular complexity index is 1130. The fourth-order valence-corrected chi connectivity index (χ4v) is 5.22. The van der Waals surface area contributed by atoms with Gasteiger partial charge in [-0.2, -0.15) is 5.10 Å². The van der Waals surface area contributed by atoms with Crippen molar-refractivity contribution >= 4 is 29.8 Å². The Balaban J connectivity index is 1.32. The molecule has 3 aliphatic rings. The van der Waals surface area contributed by atoms with Gasteiger partial charge in [0.1, 0.15) is 5.82 Å². The highest BCUT2D eigenvalue weighted by Crippen LogP contribution is 2.31. The molecule has 2 aromatic rings. The summed E-state index contributed by atoms with van der Waals surface area (Å²) >= 11 is 5.92. The van der Waals surface area contributed by atoms with Gasteiger partial charge in [-0.25, -0.2) is 19.2 Å². The van der Waals surface area contributed by atoms with Gasteiger partial charge in [-0.3, -0.25) is 5.01 Å². The van der Waals surface area contributed by atoms with Crippen molar-refractivity contribution < 1.29 is 13.9 Å². The van der Waals surface area contributed by atoms with Crippen molar-refractivity contribution in [2.24, 2.45) is 11.0 Å². The first-order chi connectivity index (χ1) is 17.4. The number of urea groups is 1. The third-order valence-corrected chi connectivity index (χ3v) is 7.47. The van der Waals surface area contributed by atoms with Gasteiger partial charge >= 0.3 is 6.03 Å². The molecule has 4 heterocycles. The fraction of sp³-hybridized carbons (Fsp3) is 0.520. The summed E-state index contributed by atoms with van der Waals surface area (Å²) in [5.41, 5.74) is 2.53. The van der Waals surface area contributed by atoms with Crippen molar-refractivity contribution in [3.63, 3.8) is 0 Å². The molecule has 0 radical (unpaired) electrons. The van der Waals surface area contributed by atoms with E-state index in [1.165, 1.54) is 12.1 Å². The van der Waals surface area contributed by atoms with Crippen LogP contribution in [0.4, 0.5) is 15.1 Å². The van der Waals surface area contributed by atoms with E-state index in [-0.39, 0.29) is 29.1 Å². The number of amides is 2. The van der Waals surface area contributed by atoms with Gasteiger partial charge in [0.05, 0.1) is 29.3 Å². The molecule has 192 valence electrons. The number of likely N-dealkylation sites (N-methyl/N-ethyl adjacent to an activating group) is 1. The predicted molar refractivity (Wildman–Crippen MR) is 135 cm³/mol. The molecule has 2 amide bonds. The number of nitrogens with one attached hydrogen (secondary N) is 2. The molecule has 9 nitrogen and oxygen atoms in total. The molecule has 0 bridgehead atoms. The zero-order valence-corrected chi connectivity index (χ0v) is 21.2. The molecule has 3 atom stereocenters. The lowest BCUT2D eigenvalue weighted by Crippen LogP contribution is -2.49. The first kappa shape index (κ1) is 24.7. The van der Waals surface area contributed by atoms with Crippen LogP contribution >= 0.6 is 11.6 Å². The summed E-state index contributed by atoms with van der Waals surface area (Å²) in [5, 5.41) is 12.8. The van der Waals surface area contributed by atoms with Crippen molar-refractivity contribution in [3.05, 3.63) is 52.1 Å². The van der Waals surface area contributed by atoms with Crippen molar-refractivity contribution in [2.75, 3.05) is 32.1 Å². The molecule has 36 heavy (non-hydrogen) atoms. The number of aromatic nitrogens is 2. The smallest absolute Gasteiger partial charge is 0.318 e. The van der Waals surface area contributed by atoms with E-state index >= 15 is 0 Å². The Morgan fingerprint density at radius 2 is 2.11 bits per heavy atom. The number of ether oxygens (including phenoxy) is 1. The number of carbonyl (C=O) groups is 1. The normalized spacial score (nSPS) is 22.9. The molecular weight excluding hydrogens is 485 g/mol. The van der Waals surface area contributed by atoms with Crippen molar-refractivity contribution in [1.82, 2.24) is 25.2 Å². The van der Waals surface area contributed by atoms with Crippen LogP contribution in [0.1, 0.15) is 42.6 Å². The first-order valence-corrected chi connectivity index (χ1v) is 12.7. The standard InChI is InChI=1S/C25H31ClFN7O2/c1-15-12-29-33(2)23(15)22(16-3-4-19(26)20(27)11-16)32-25(35)34-8-5-17-13-28-24(31-21(17)14-34)30-18-6-9-36-10-7-18/h3-4,11-13,15,18,22-23H,5-10,14H2,1-2H3,(H,32,35)(H,28,30,31)/t15?,22-,23?/m1/s1. The largest absolute Gasteiger partial charge is 0.381 e. The highest BCUT2D eigenvalue weighted by Gasteiger charge is 2.36. The molecule has 1 aromatic carbocycles. The number of fused-ring (bicyclic) bond motifs is 1. The summed E-state index contributed by atoms with van der Waals surface area (Å²) in [4.78, 5) is 24.4. The van der Waals surface area contributed by atoms with E-state index in [4.69, 9.17) is 21.3 Å². The summed E-state index contributed by atoms with van der Waals surface area (Å²) < 4.78 is 19.8. The van der Waals surface area contributed by atoms with E-state index in [2.05, 4.69) is 20.7 Å². The van der Waals surface area contributed by atoms with E-state index in [0.717, 1.165) is 37.3 Å². The second-order valence-corrected chi connectivity index (χ2v) is 10.1. The van der Waals surface area contributed by atoms with Crippen LogP contribution in [0.2, 0.25) is 5.02 Å². The van der Waals surface area contributed by atoms with Gasteiger partial charge in [-0.15, -0.1) is 0 Å². The van der Waals surface area contributed by atoms with E-state index in [9.17, 15) is 9.18 Å². The van der Waals surface area contributed by atoms with Crippen LogP contribution in [0.3, 0.4) is 0 Å². The molecule has 2 unspecified atom stereocenters. The van der Waals surface area contributed by atoms with E-state index in [1.807, 2.05) is 31.4 Å². The highest BCUT2D eigenvalue weighted by atomic mass is 35.5. The summed E-state index contributed by atoms with van der Waals surface area (Å²) in [6.45, 7) is 4.41. The second kappa shape index (κ2) is 10.6. The minimum absolute atomic E-state index is 0.0467. The maximum Gasteiger partial charge on any atom is 0.318 e. The van der Waals surface area contributed by atoms with Crippen LogP contribution in [-0.2, 0) is 17.7 Å². The lowest BCUT2D eigenvalue weighted by Gasteiger charge is -2.35. The number of anilines is 1. The lowest BCUT2D eigenvalue weighted by atomic mass is 9.91. The summed E-state index contributed by atoms with van der Waals surface area (Å²) in [6.07, 6.45) is 6.20. The first-order valence-electron chi connectivity index (χ1n) is 12.4. The third-order valence-electron chi connectivity index (χ3n) is 7.17. The number of halogens is 2. The van der Waals surface area contributed by atoms with Gasteiger partial charge in [-0.1, -0.05) is 24.6 Å². The van der Waals surface area contributed by atoms with Gasteiger partial charge in [0.15, 0.2) is 0 Å². The number of hydrogen-bond donors (Lipinski definition) is 2. The fourth-order valence-electron chi connectivity index (χ4n) is 5.10. The Hall–Kier alpha value is -2.98. The third kappa shape index (κ3) is 5.24. The number of hydrogen-bond acceptors (Lipinski definition) is 7. The molecule has 0 aliphatic carbocycles. The van der Waals surface area contributed by atoms with Crippen LogP contribution in [0.5, 0.6) is 0 Å². The predicted octanol–water partition coefficient (Wildman–Crippen LogP) is 3.60. The van der Waals surface area contributed by atoms with E-state index in [1.54, 1.807) is 11.0 Å². The molecule has 1 fully saturated rings. The Morgan fingerprint density at radius 1 is 1.31 bits per heavy atom. The Labute approximate surface area is 215 Å². The number of hydrazone groups is 1. The quantitative estimate of drug-likeness (QED) is 0.631. The summed E-state index contributed by atoms with van der Waals surface area (Å²) in [6, 6.07) is 4.07. The van der Waals surface area contributed by atoms with Gasteiger partial charge in [0.25, 0.3) is 0 Å². The maximum atomic E-state index is 14.4.